The van der Waals surface area contributed by atoms with E-state index in [0.717, 1.165) is 5.56 Å². The second-order valence-electron chi connectivity index (χ2n) is 5.91. The van der Waals surface area contributed by atoms with Crippen molar-refractivity contribution in [3.8, 4) is 11.5 Å². The van der Waals surface area contributed by atoms with Gasteiger partial charge in [-0.05, 0) is 17.7 Å². The number of carbonyl (C=O) groups excluding carboxylic acids is 1. The summed E-state index contributed by atoms with van der Waals surface area (Å²) in [6.07, 6.45) is 1.58. The molecule has 0 spiro atoms. The first kappa shape index (κ1) is 19.5. The highest BCUT2D eigenvalue weighted by Crippen LogP contribution is 2.37. The first-order valence-corrected chi connectivity index (χ1v) is 8.95. The zero-order chi connectivity index (χ0) is 19.9. The third-order valence-electron chi connectivity index (χ3n) is 4.04. The highest BCUT2D eigenvalue weighted by Gasteiger charge is 2.11. The van der Waals surface area contributed by atoms with E-state index < -0.39 is 0 Å². The molecule has 2 aromatic carbocycles. The highest BCUT2D eigenvalue weighted by molar-refractivity contribution is 6.32. The SMILES string of the molecule is COc1cc(Nc2ccc(C(=O)NCc3ccccc3)nc2)c(OC)cc1Cl. The molecule has 1 aromatic heterocycles. The number of nitrogens with one attached hydrogen (secondary N) is 2. The van der Waals surface area contributed by atoms with Gasteiger partial charge in [-0.3, -0.25) is 4.79 Å². The van der Waals surface area contributed by atoms with Gasteiger partial charge in [0.05, 0.1) is 36.8 Å². The van der Waals surface area contributed by atoms with Crippen molar-refractivity contribution in [1.29, 1.82) is 0 Å². The molecule has 0 bridgehead atoms. The number of hydrogen-bond donors (Lipinski definition) is 2. The van der Waals surface area contributed by atoms with Crippen molar-refractivity contribution in [2.24, 2.45) is 0 Å². The molecule has 0 atom stereocenters. The van der Waals surface area contributed by atoms with Crippen molar-refractivity contribution < 1.29 is 14.3 Å². The summed E-state index contributed by atoms with van der Waals surface area (Å²) in [5, 5.41) is 6.49. The molecule has 0 unspecified atom stereocenters. The zero-order valence-electron chi connectivity index (χ0n) is 15.5. The third-order valence-corrected chi connectivity index (χ3v) is 4.34. The van der Waals surface area contributed by atoms with Gasteiger partial charge in [0.15, 0.2) is 0 Å². The Hall–Kier alpha value is -3.25. The monoisotopic (exact) mass is 397 g/mol. The van der Waals surface area contributed by atoms with Gasteiger partial charge in [-0.1, -0.05) is 41.9 Å². The zero-order valence-corrected chi connectivity index (χ0v) is 16.3. The molecule has 0 radical (unpaired) electrons. The molecule has 3 rings (SSSR count). The van der Waals surface area contributed by atoms with E-state index in [2.05, 4.69) is 15.6 Å². The van der Waals surface area contributed by atoms with Gasteiger partial charge in [-0.2, -0.15) is 0 Å². The van der Waals surface area contributed by atoms with Crippen molar-refractivity contribution in [3.05, 3.63) is 77.1 Å². The average molecular weight is 398 g/mol. The molecule has 7 heteroatoms. The van der Waals surface area contributed by atoms with Gasteiger partial charge < -0.3 is 20.1 Å². The minimum Gasteiger partial charge on any atom is -0.495 e. The molecule has 0 aliphatic rings. The first-order valence-electron chi connectivity index (χ1n) is 8.57. The standard InChI is InChI=1S/C21H20ClN3O3/c1-27-19-11-18(20(28-2)10-16(19)22)25-15-8-9-17(23-13-15)21(26)24-12-14-6-4-3-5-7-14/h3-11,13,25H,12H2,1-2H3,(H,24,26). The Morgan fingerprint density at radius 3 is 2.43 bits per heavy atom. The average Bonchev–Trinajstić information content (AvgIpc) is 2.74. The lowest BCUT2D eigenvalue weighted by molar-refractivity contribution is 0.0946. The predicted molar refractivity (Wildman–Crippen MR) is 110 cm³/mol. The summed E-state index contributed by atoms with van der Waals surface area (Å²) in [4.78, 5) is 16.5. The Morgan fingerprint density at radius 2 is 1.79 bits per heavy atom. The van der Waals surface area contributed by atoms with Crippen LogP contribution in [0.15, 0.2) is 60.8 Å². The van der Waals surface area contributed by atoms with E-state index in [9.17, 15) is 4.79 Å². The normalized spacial score (nSPS) is 10.2. The summed E-state index contributed by atoms with van der Waals surface area (Å²) >= 11 is 6.12. The summed E-state index contributed by atoms with van der Waals surface area (Å²) in [6, 6.07) is 16.5. The molecule has 0 aliphatic heterocycles. The van der Waals surface area contributed by atoms with Crippen LogP contribution < -0.4 is 20.1 Å². The van der Waals surface area contributed by atoms with Crippen LogP contribution in [-0.2, 0) is 6.54 Å². The van der Waals surface area contributed by atoms with Gasteiger partial charge in [0.25, 0.3) is 5.91 Å². The summed E-state index contributed by atoms with van der Waals surface area (Å²) in [7, 11) is 3.10. The van der Waals surface area contributed by atoms with Crippen molar-refractivity contribution >= 4 is 28.9 Å². The number of anilines is 2. The maximum Gasteiger partial charge on any atom is 0.270 e. The predicted octanol–water partition coefficient (Wildman–Crippen LogP) is 4.43. The minimum atomic E-state index is -0.235. The van der Waals surface area contributed by atoms with Gasteiger partial charge in [0.2, 0.25) is 0 Å². The van der Waals surface area contributed by atoms with Crippen molar-refractivity contribution in [2.45, 2.75) is 6.54 Å². The number of nitrogens with zero attached hydrogens (tertiary/aromatic N) is 1. The van der Waals surface area contributed by atoms with Crippen LogP contribution >= 0.6 is 11.6 Å². The van der Waals surface area contributed by atoms with Crippen molar-refractivity contribution in [2.75, 3.05) is 19.5 Å². The van der Waals surface area contributed by atoms with E-state index in [1.54, 1.807) is 44.7 Å². The summed E-state index contributed by atoms with van der Waals surface area (Å²) in [6.45, 7) is 0.448. The molecular weight excluding hydrogens is 378 g/mol. The summed E-state index contributed by atoms with van der Waals surface area (Å²) < 4.78 is 10.6. The van der Waals surface area contributed by atoms with E-state index in [-0.39, 0.29) is 5.91 Å². The van der Waals surface area contributed by atoms with Gasteiger partial charge in [0, 0.05) is 18.7 Å². The minimum absolute atomic E-state index is 0.235. The number of halogens is 1. The number of aromatic nitrogens is 1. The molecule has 144 valence electrons. The number of methoxy groups -OCH3 is 2. The molecule has 1 heterocycles. The number of hydrogen-bond acceptors (Lipinski definition) is 5. The van der Waals surface area contributed by atoms with Crippen LogP contribution in [0.4, 0.5) is 11.4 Å². The molecule has 0 saturated heterocycles. The van der Waals surface area contributed by atoms with Crippen LogP contribution in [0.5, 0.6) is 11.5 Å². The molecule has 28 heavy (non-hydrogen) atoms. The fourth-order valence-corrected chi connectivity index (χ4v) is 2.82. The molecule has 1 amide bonds. The van der Waals surface area contributed by atoms with Crippen LogP contribution in [0.2, 0.25) is 5.02 Å². The number of amides is 1. The Bertz CT molecular complexity index is 947. The molecule has 3 aromatic rings. The smallest absolute Gasteiger partial charge is 0.270 e. The highest BCUT2D eigenvalue weighted by atomic mass is 35.5. The Morgan fingerprint density at radius 1 is 1.04 bits per heavy atom. The van der Waals surface area contributed by atoms with Crippen LogP contribution in [0.3, 0.4) is 0 Å². The second kappa shape index (κ2) is 9.10. The number of carbonyl (C=O) groups is 1. The Kier molecular flexibility index (Phi) is 6.34. The van der Waals surface area contributed by atoms with Crippen molar-refractivity contribution in [3.63, 3.8) is 0 Å². The largest absolute Gasteiger partial charge is 0.495 e. The molecule has 6 nitrogen and oxygen atoms in total. The van der Waals surface area contributed by atoms with Crippen LogP contribution in [-0.4, -0.2) is 25.1 Å². The van der Waals surface area contributed by atoms with Gasteiger partial charge in [-0.25, -0.2) is 4.98 Å². The number of ether oxygens (including phenoxy) is 2. The lowest BCUT2D eigenvalue weighted by Gasteiger charge is -2.14. The Balaban J connectivity index is 1.68. The second-order valence-corrected chi connectivity index (χ2v) is 6.32. The topological polar surface area (TPSA) is 72.5 Å². The Labute approximate surface area is 168 Å². The molecular formula is C21H20ClN3O3. The maximum atomic E-state index is 12.3. The lowest BCUT2D eigenvalue weighted by atomic mass is 10.2. The lowest BCUT2D eigenvalue weighted by Crippen LogP contribution is -2.23. The van der Waals surface area contributed by atoms with Gasteiger partial charge in [0.1, 0.15) is 17.2 Å². The molecule has 0 saturated carbocycles. The molecule has 0 aliphatic carbocycles. The van der Waals surface area contributed by atoms with Crippen LogP contribution in [0, 0.1) is 0 Å². The van der Waals surface area contributed by atoms with E-state index in [4.69, 9.17) is 21.1 Å². The molecule has 0 fully saturated rings. The van der Waals surface area contributed by atoms with Crippen LogP contribution in [0.1, 0.15) is 16.1 Å². The third kappa shape index (κ3) is 4.72. The van der Waals surface area contributed by atoms with E-state index in [0.29, 0.717) is 40.1 Å². The number of benzene rings is 2. The van der Waals surface area contributed by atoms with E-state index >= 15 is 0 Å². The maximum absolute atomic E-state index is 12.3. The quantitative estimate of drug-likeness (QED) is 0.617. The van der Waals surface area contributed by atoms with Gasteiger partial charge >= 0.3 is 0 Å². The van der Waals surface area contributed by atoms with Crippen LogP contribution in [0.25, 0.3) is 0 Å². The van der Waals surface area contributed by atoms with Gasteiger partial charge in [-0.15, -0.1) is 0 Å². The fourth-order valence-electron chi connectivity index (χ4n) is 2.58. The molecule has 2 N–H and O–H groups in total. The van der Waals surface area contributed by atoms with E-state index in [1.165, 1.54) is 0 Å². The fraction of sp³-hybridized carbons (Fsp3) is 0.143. The number of pyridine rings is 1. The summed E-state index contributed by atoms with van der Waals surface area (Å²) in [5.74, 6) is 0.853. The number of rotatable bonds is 7. The van der Waals surface area contributed by atoms with Crippen molar-refractivity contribution in [1.82, 2.24) is 10.3 Å². The first-order chi connectivity index (χ1) is 13.6. The van der Waals surface area contributed by atoms with E-state index in [1.807, 2.05) is 30.3 Å². The summed E-state index contributed by atoms with van der Waals surface area (Å²) in [5.41, 5.74) is 2.73.